The van der Waals surface area contributed by atoms with Crippen molar-refractivity contribution in [3.05, 3.63) is 11.8 Å². The summed E-state index contributed by atoms with van der Waals surface area (Å²) >= 11 is 0. The van der Waals surface area contributed by atoms with E-state index in [0.717, 1.165) is 12.1 Å². The molecule has 0 aliphatic carbocycles. The van der Waals surface area contributed by atoms with E-state index in [4.69, 9.17) is 5.84 Å². The van der Waals surface area contributed by atoms with E-state index in [9.17, 15) is 5.11 Å². The maximum absolute atomic E-state index is 9.39. The lowest BCUT2D eigenvalue weighted by Gasteiger charge is -2.10. The number of aryl methyl sites for hydroxylation is 1. The summed E-state index contributed by atoms with van der Waals surface area (Å²) in [4.78, 5) is 8.21. The fraction of sp³-hybridized carbons (Fsp3) is 0.600. The van der Waals surface area contributed by atoms with Gasteiger partial charge >= 0.3 is 0 Å². The molecule has 0 aromatic carbocycles. The Hall–Kier alpha value is -1.40. The number of hydrogen-bond acceptors (Lipinski definition) is 6. The first-order valence-electron chi connectivity index (χ1n) is 5.40. The molecule has 0 saturated carbocycles. The summed E-state index contributed by atoms with van der Waals surface area (Å²) in [5.74, 6) is 6.34. The number of rotatable bonds is 6. The second-order valence-electron chi connectivity index (χ2n) is 3.64. The van der Waals surface area contributed by atoms with E-state index >= 15 is 0 Å². The van der Waals surface area contributed by atoms with Crippen molar-refractivity contribution in [3.8, 4) is 0 Å². The number of aliphatic hydroxyl groups is 1. The third-order valence-corrected chi connectivity index (χ3v) is 2.24. The second-order valence-corrected chi connectivity index (χ2v) is 3.64. The van der Waals surface area contributed by atoms with Gasteiger partial charge in [0.25, 0.3) is 0 Å². The van der Waals surface area contributed by atoms with Gasteiger partial charge in [0.05, 0.1) is 6.10 Å². The van der Waals surface area contributed by atoms with E-state index in [0.29, 0.717) is 24.7 Å². The van der Waals surface area contributed by atoms with Crippen molar-refractivity contribution >= 4 is 11.8 Å². The molecular weight excluding hydrogens is 206 g/mol. The van der Waals surface area contributed by atoms with Crippen molar-refractivity contribution in [1.82, 2.24) is 9.97 Å². The van der Waals surface area contributed by atoms with E-state index in [-0.39, 0.29) is 6.10 Å². The molecule has 90 valence electrons. The lowest BCUT2D eigenvalue weighted by molar-refractivity contribution is 0.164. The number of aromatic nitrogens is 2. The molecule has 0 bridgehead atoms. The van der Waals surface area contributed by atoms with E-state index in [1.165, 1.54) is 0 Å². The average molecular weight is 225 g/mol. The largest absolute Gasteiger partial charge is 0.393 e. The van der Waals surface area contributed by atoms with Crippen LogP contribution in [0.4, 0.5) is 11.8 Å². The van der Waals surface area contributed by atoms with Crippen LogP contribution < -0.4 is 16.6 Å². The molecule has 1 aromatic heterocycles. The van der Waals surface area contributed by atoms with Gasteiger partial charge < -0.3 is 10.4 Å². The monoisotopic (exact) mass is 225 g/mol. The molecule has 0 saturated heterocycles. The van der Waals surface area contributed by atoms with Crippen molar-refractivity contribution in [1.29, 1.82) is 0 Å². The predicted octanol–water partition coefficient (Wildman–Crippen LogP) is 0.644. The zero-order valence-electron chi connectivity index (χ0n) is 9.70. The fourth-order valence-electron chi connectivity index (χ4n) is 1.29. The van der Waals surface area contributed by atoms with Crippen molar-refractivity contribution < 1.29 is 5.11 Å². The lowest BCUT2D eigenvalue weighted by atomic mass is 10.2. The summed E-state index contributed by atoms with van der Waals surface area (Å²) in [6.07, 6.45) is 1.20. The van der Waals surface area contributed by atoms with Gasteiger partial charge in [-0.15, -0.1) is 0 Å². The third kappa shape index (κ3) is 4.00. The zero-order valence-corrected chi connectivity index (χ0v) is 9.70. The van der Waals surface area contributed by atoms with Crippen LogP contribution in [0.15, 0.2) is 6.07 Å². The number of nitrogen functional groups attached to an aromatic ring is 1. The molecule has 0 fully saturated rings. The maximum atomic E-state index is 9.39. The molecule has 0 radical (unpaired) electrons. The minimum absolute atomic E-state index is 0.262. The Morgan fingerprint density at radius 3 is 2.88 bits per heavy atom. The van der Waals surface area contributed by atoms with Crippen LogP contribution in [0, 0.1) is 6.92 Å². The number of hydrogen-bond donors (Lipinski definition) is 4. The summed E-state index contributed by atoms with van der Waals surface area (Å²) in [6, 6.07) is 1.83. The van der Waals surface area contributed by atoms with Crippen LogP contribution in [0.3, 0.4) is 0 Å². The van der Waals surface area contributed by atoms with Crippen molar-refractivity contribution in [2.24, 2.45) is 5.84 Å². The molecule has 0 aliphatic rings. The Balaban J connectivity index is 2.50. The quantitative estimate of drug-likeness (QED) is 0.419. The van der Waals surface area contributed by atoms with E-state index in [2.05, 4.69) is 20.7 Å². The molecule has 6 heteroatoms. The molecule has 6 nitrogen and oxygen atoms in total. The van der Waals surface area contributed by atoms with Crippen LogP contribution in [0.5, 0.6) is 0 Å². The van der Waals surface area contributed by atoms with Crippen LogP contribution in [-0.4, -0.2) is 27.7 Å². The predicted molar refractivity (Wildman–Crippen MR) is 64.0 cm³/mol. The highest BCUT2D eigenvalue weighted by Gasteiger charge is 2.02. The maximum Gasteiger partial charge on any atom is 0.239 e. The van der Waals surface area contributed by atoms with Gasteiger partial charge in [0.15, 0.2) is 0 Å². The number of anilines is 2. The number of nitrogens with zero attached hydrogens (tertiary/aromatic N) is 2. The highest BCUT2D eigenvalue weighted by molar-refractivity contribution is 5.41. The third-order valence-electron chi connectivity index (χ3n) is 2.24. The normalized spacial score (nSPS) is 12.2. The molecule has 1 atom stereocenters. The van der Waals surface area contributed by atoms with Gasteiger partial charge in [-0.1, -0.05) is 6.92 Å². The lowest BCUT2D eigenvalue weighted by Crippen LogP contribution is -2.15. The molecule has 16 heavy (non-hydrogen) atoms. The molecule has 1 heterocycles. The molecule has 5 N–H and O–H groups in total. The summed E-state index contributed by atoms with van der Waals surface area (Å²) in [6.45, 7) is 4.50. The number of aliphatic hydroxyl groups excluding tert-OH is 1. The Morgan fingerprint density at radius 1 is 1.50 bits per heavy atom. The molecular formula is C10H19N5O. The standard InChI is InChI=1S/C10H19N5O/c1-3-8(16)4-5-12-9-6-7(2)13-10(14-9)15-11/h6,8,16H,3-5,11H2,1-2H3,(H2,12,13,14,15). The first-order valence-corrected chi connectivity index (χ1v) is 5.40. The summed E-state index contributed by atoms with van der Waals surface area (Å²) in [5.41, 5.74) is 3.24. The smallest absolute Gasteiger partial charge is 0.239 e. The van der Waals surface area contributed by atoms with E-state index in [1.807, 2.05) is 19.9 Å². The average Bonchev–Trinajstić information content (AvgIpc) is 2.28. The molecule has 0 amide bonds. The first-order chi connectivity index (χ1) is 7.65. The van der Waals surface area contributed by atoms with Crippen LogP contribution in [0.25, 0.3) is 0 Å². The fourth-order valence-corrected chi connectivity index (χ4v) is 1.29. The Kier molecular flexibility index (Phi) is 4.94. The van der Waals surface area contributed by atoms with Gasteiger partial charge in [-0.05, 0) is 19.8 Å². The van der Waals surface area contributed by atoms with Crippen molar-refractivity contribution in [2.45, 2.75) is 32.8 Å². The molecule has 1 aromatic rings. The topological polar surface area (TPSA) is 96.1 Å². The zero-order chi connectivity index (χ0) is 12.0. The Bertz CT molecular complexity index is 331. The van der Waals surface area contributed by atoms with Crippen molar-refractivity contribution in [2.75, 3.05) is 17.3 Å². The van der Waals surface area contributed by atoms with Gasteiger partial charge in [0.1, 0.15) is 5.82 Å². The summed E-state index contributed by atoms with van der Waals surface area (Å²) < 4.78 is 0. The minimum Gasteiger partial charge on any atom is -0.393 e. The van der Waals surface area contributed by atoms with Crippen LogP contribution in [0.1, 0.15) is 25.5 Å². The molecule has 0 aliphatic heterocycles. The van der Waals surface area contributed by atoms with Crippen molar-refractivity contribution in [3.63, 3.8) is 0 Å². The highest BCUT2D eigenvalue weighted by atomic mass is 16.3. The SMILES string of the molecule is CCC(O)CCNc1cc(C)nc(NN)n1. The van der Waals surface area contributed by atoms with Gasteiger partial charge in [-0.3, -0.25) is 5.43 Å². The number of hydrazine groups is 1. The number of nitrogens with two attached hydrogens (primary N) is 1. The number of nitrogens with one attached hydrogen (secondary N) is 2. The minimum atomic E-state index is -0.262. The highest BCUT2D eigenvalue weighted by Crippen LogP contribution is 2.09. The molecule has 1 rings (SSSR count). The Morgan fingerprint density at radius 2 is 2.25 bits per heavy atom. The van der Waals surface area contributed by atoms with Gasteiger partial charge in [0, 0.05) is 18.3 Å². The van der Waals surface area contributed by atoms with Crippen LogP contribution in [0.2, 0.25) is 0 Å². The van der Waals surface area contributed by atoms with Crippen LogP contribution >= 0.6 is 0 Å². The Labute approximate surface area is 95.3 Å². The van der Waals surface area contributed by atoms with Gasteiger partial charge in [-0.2, -0.15) is 4.98 Å². The molecule has 0 spiro atoms. The van der Waals surface area contributed by atoms with E-state index in [1.54, 1.807) is 0 Å². The van der Waals surface area contributed by atoms with Gasteiger partial charge in [-0.25, -0.2) is 10.8 Å². The molecule has 1 unspecified atom stereocenters. The van der Waals surface area contributed by atoms with E-state index < -0.39 is 0 Å². The first kappa shape index (κ1) is 12.7. The second kappa shape index (κ2) is 6.24. The van der Waals surface area contributed by atoms with Gasteiger partial charge in [0.2, 0.25) is 5.95 Å². The summed E-state index contributed by atoms with van der Waals surface area (Å²) in [5, 5.41) is 12.5. The van der Waals surface area contributed by atoms with Crippen LogP contribution in [-0.2, 0) is 0 Å². The summed E-state index contributed by atoms with van der Waals surface area (Å²) in [7, 11) is 0.